The van der Waals surface area contributed by atoms with Crippen LogP contribution in [0.2, 0.25) is 5.02 Å². The molecule has 0 fully saturated rings. The van der Waals surface area contributed by atoms with Crippen LogP contribution < -0.4 is 5.73 Å². The molecule has 1 aromatic heterocycles. The maximum absolute atomic E-state index is 11.7. The van der Waals surface area contributed by atoms with Crippen LogP contribution in [0.4, 0.5) is 0 Å². The fourth-order valence-electron chi connectivity index (χ4n) is 3.60. The number of nitrogens with zero attached hydrogens (tertiary/aromatic N) is 1. The SMILES string of the molecule is CCc1c(C(O)C(C)C)c2ccc(C(N)=O)cc2n1Cc1ccccc1Cl. The Morgan fingerprint density at radius 3 is 2.52 bits per heavy atom. The highest BCUT2D eigenvalue weighted by Crippen LogP contribution is 2.36. The molecule has 3 aromatic rings. The minimum atomic E-state index is -0.589. The van der Waals surface area contributed by atoms with E-state index < -0.39 is 12.0 Å². The van der Waals surface area contributed by atoms with Gasteiger partial charge in [-0.25, -0.2) is 0 Å². The van der Waals surface area contributed by atoms with Crippen molar-refractivity contribution in [3.63, 3.8) is 0 Å². The maximum Gasteiger partial charge on any atom is 0.248 e. The highest BCUT2D eigenvalue weighted by atomic mass is 35.5. The largest absolute Gasteiger partial charge is 0.388 e. The fraction of sp³-hybridized carbons (Fsp3) is 0.318. The Morgan fingerprint density at radius 2 is 1.93 bits per heavy atom. The van der Waals surface area contributed by atoms with Crippen LogP contribution in [0.5, 0.6) is 0 Å². The van der Waals surface area contributed by atoms with Crippen molar-refractivity contribution in [2.45, 2.75) is 39.8 Å². The van der Waals surface area contributed by atoms with Gasteiger partial charge in [0.05, 0.1) is 6.10 Å². The zero-order chi connectivity index (χ0) is 19.7. The minimum Gasteiger partial charge on any atom is -0.388 e. The Balaban J connectivity index is 2.30. The third-order valence-corrected chi connectivity index (χ3v) is 5.42. The fourth-order valence-corrected chi connectivity index (χ4v) is 3.80. The molecule has 1 heterocycles. The Labute approximate surface area is 164 Å². The molecule has 0 aliphatic rings. The monoisotopic (exact) mass is 384 g/mol. The summed E-state index contributed by atoms with van der Waals surface area (Å²) in [6.07, 6.45) is 0.166. The Hall–Kier alpha value is -2.30. The number of fused-ring (bicyclic) bond motifs is 1. The molecule has 0 aliphatic heterocycles. The summed E-state index contributed by atoms with van der Waals surface area (Å²) in [4.78, 5) is 11.7. The molecule has 3 N–H and O–H groups in total. The summed E-state index contributed by atoms with van der Waals surface area (Å²) in [7, 11) is 0. The zero-order valence-corrected chi connectivity index (χ0v) is 16.6. The van der Waals surface area contributed by atoms with Crippen molar-refractivity contribution in [1.82, 2.24) is 4.57 Å². The molecule has 0 radical (unpaired) electrons. The second kappa shape index (κ2) is 7.75. The number of carbonyl (C=O) groups is 1. The van der Waals surface area contributed by atoms with Crippen molar-refractivity contribution in [3.8, 4) is 0 Å². The van der Waals surface area contributed by atoms with Crippen LogP contribution in [0.15, 0.2) is 42.5 Å². The highest BCUT2D eigenvalue weighted by Gasteiger charge is 2.24. The van der Waals surface area contributed by atoms with Crippen molar-refractivity contribution < 1.29 is 9.90 Å². The van der Waals surface area contributed by atoms with E-state index in [0.717, 1.165) is 34.1 Å². The van der Waals surface area contributed by atoms with Gasteiger partial charge < -0.3 is 15.4 Å². The van der Waals surface area contributed by atoms with Crippen LogP contribution in [-0.4, -0.2) is 15.6 Å². The molecule has 0 saturated carbocycles. The van der Waals surface area contributed by atoms with Gasteiger partial charge in [0.1, 0.15) is 0 Å². The summed E-state index contributed by atoms with van der Waals surface area (Å²) >= 11 is 6.39. The summed E-state index contributed by atoms with van der Waals surface area (Å²) in [5, 5.41) is 12.5. The molecule has 5 heteroatoms. The van der Waals surface area contributed by atoms with Gasteiger partial charge in [-0.15, -0.1) is 0 Å². The number of aromatic nitrogens is 1. The highest BCUT2D eigenvalue weighted by molar-refractivity contribution is 6.31. The lowest BCUT2D eigenvalue weighted by Crippen LogP contribution is -2.11. The van der Waals surface area contributed by atoms with E-state index in [0.29, 0.717) is 17.1 Å². The summed E-state index contributed by atoms with van der Waals surface area (Å²) < 4.78 is 2.14. The Kier molecular flexibility index (Phi) is 5.59. The molecule has 1 amide bonds. The van der Waals surface area contributed by atoms with E-state index in [1.165, 1.54) is 0 Å². The number of halogens is 1. The molecule has 1 atom stereocenters. The average Bonchev–Trinajstić information content (AvgIpc) is 2.95. The predicted molar refractivity (Wildman–Crippen MR) is 110 cm³/mol. The lowest BCUT2D eigenvalue weighted by atomic mass is 9.95. The first-order valence-corrected chi connectivity index (χ1v) is 9.59. The lowest BCUT2D eigenvalue weighted by Gasteiger charge is -2.17. The Bertz CT molecular complexity index is 991. The molecule has 0 bridgehead atoms. The van der Waals surface area contributed by atoms with E-state index in [1.54, 1.807) is 6.07 Å². The van der Waals surface area contributed by atoms with Crippen molar-refractivity contribution in [2.75, 3.05) is 0 Å². The number of hydrogen-bond acceptors (Lipinski definition) is 2. The molecule has 0 aliphatic carbocycles. The summed E-state index contributed by atoms with van der Waals surface area (Å²) in [5.41, 5.74) is 9.80. The summed E-state index contributed by atoms with van der Waals surface area (Å²) in [6.45, 7) is 6.63. The van der Waals surface area contributed by atoms with E-state index in [1.807, 2.05) is 50.2 Å². The lowest BCUT2D eigenvalue weighted by molar-refractivity contribution is 0.100. The topological polar surface area (TPSA) is 68.2 Å². The van der Waals surface area contributed by atoms with Crippen LogP contribution >= 0.6 is 11.6 Å². The van der Waals surface area contributed by atoms with Gasteiger partial charge in [0.25, 0.3) is 0 Å². The molecular weight excluding hydrogens is 360 g/mol. The summed E-state index contributed by atoms with van der Waals surface area (Å²) in [6, 6.07) is 13.1. The van der Waals surface area contributed by atoms with Gasteiger partial charge in [-0.3, -0.25) is 4.79 Å². The average molecular weight is 385 g/mol. The first-order valence-electron chi connectivity index (χ1n) is 9.21. The van der Waals surface area contributed by atoms with Crippen LogP contribution in [0.1, 0.15) is 54.1 Å². The molecule has 142 valence electrons. The smallest absolute Gasteiger partial charge is 0.248 e. The van der Waals surface area contributed by atoms with E-state index in [2.05, 4.69) is 11.5 Å². The molecule has 2 aromatic carbocycles. The molecule has 4 nitrogen and oxygen atoms in total. The normalized spacial score (nSPS) is 12.7. The Morgan fingerprint density at radius 1 is 1.22 bits per heavy atom. The molecule has 3 rings (SSSR count). The van der Waals surface area contributed by atoms with E-state index in [9.17, 15) is 9.90 Å². The zero-order valence-electron chi connectivity index (χ0n) is 15.9. The number of hydrogen-bond donors (Lipinski definition) is 2. The number of rotatable bonds is 6. The molecular formula is C22H25ClN2O2. The number of aliphatic hydroxyl groups is 1. The van der Waals surface area contributed by atoms with Gasteiger partial charge in [-0.2, -0.15) is 0 Å². The molecule has 0 saturated heterocycles. The number of carbonyl (C=O) groups excluding carboxylic acids is 1. The number of amides is 1. The number of nitrogens with two attached hydrogens (primary N) is 1. The number of primary amides is 1. The second-order valence-corrected chi connectivity index (χ2v) is 7.58. The van der Waals surface area contributed by atoms with Crippen molar-refractivity contribution in [3.05, 3.63) is 69.9 Å². The first kappa shape index (κ1) is 19.5. The van der Waals surface area contributed by atoms with Crippen LogP contribution in [0.3, 0.4) is 0 Å². The van der Waals surface area contributed by atoms with Gasteiger partial charge in [0.15, 0.2) is 0 Å². The van der Waals surface area contributed by atoms with Crippen molar-refractivity contribution in [1.29, 1.82) is 0 Å². The van der Waals surface area contributed by atoms with Crippen LogP contribution in [0.25, 0.3) is 10.9 Å². The first-order chi connectivity index (χ1) is 12.8. The minimum absolute atomic E-state index is 0.0745. The van der Waals surface area contributed by atoms with E-state index in [4.69, 9.17) is 17.3 Å². The van der Waals surface area contributed by atoms with E-state index in [-0.39, 0.29) is 5.92 Å². The quantitative estimate of drug-likeness (QED) is 0.647. The maximum atomic E-state index is 11.7. The number of benzene rings is 2. The second-order valence-electron chi connectivity index (χ2n) is 7.18. The van der Waals surface area contributed by atoms with Gasteiger partial charge in [-0.05, 0) is 36.1 Å². The molecule has 27 heavy (non-hydrogen) atoms. The van der Waals surface area contributed by atoms with Gasteiger partial charge in [-0.1, -0.05) is 56.6 Å². The summed E-state index contributed by atoms with van der Waals surface area (Å²) in [5.74, 6) is -0.392. The van der Waals surface area contributed by atoms with Gasteiger partial charge in [0, 0.05) is 39.3 Å². The third-order valence-electron chi connectivity index (χ3n) is 5.05. The van der Waals surface area contributed by atoms with Crippen LogP contribution in [-0.2, 0) is 13.0 Å². The standard InChI is InChI=1S/C22H25ClN2O2/c1-4-18-20(21(26)13(2)3)16-10-9-14(22(24)27)11-19(16)25(18)12-15-7-5-6-8-17(15)23/h5-11,13,21,26H,4,12H2,1-3H3,(H2,24,27). The number of aliphatic hydroxyl groups excluding tert-OH is 1. The molecule has 0 spiro atoms. The van der Waals surface area contributed by atoms with E-state index >= 15 is 0 Å². The van der Waals surface area contributed by atoms with Crippen LogP contribution in [0, 0.1) is 5.92 Å². The van der Waals surface area contributed by atoms with Crippen molar-refractivity contribution >= 4 is 28.4 Å². The van der Waals surface area contributed by atoms with Crippen molar-refractivity contribution in [2.24, 2.45) is 11.7 Å². The predicted octanol–water partition coefficient (Wildman–Crippen LogP) is 4.69. The van der Waals surface area contributed by atoms with Gasteiger partial charge in [0.2, 0.25) is 5.91 Å². The molecule has 1 unspecified atom stereocenters. The third kappa shape index (κ3) is 3.60. The van der Waals surface area contributed by atoms with Gasteiger partial charge >= 0.3 is 0 Å².